The zero-order valence-corrected chi connectivity index (χ0v) is 18.8. The Balaban J connectivity index is 1.35. The number of halogens is 2. The summed E-state index contributed by atoms with van der Waals surface area (Å²) in [5, 5.41) is 6.91. The van der Waals surface area contributed by atoms with Gasteiger partial charge in [0.1, 0.15) is 17.7 Å². The molecule has 2 aromatic carbocycles. The van der Waals surface area contributed by atoms with E-state index in [9.17, 15) is 14.0 Å². The fourth-order valence-electron chi connectivity index (χ4n) is 3.74. The Morgan fingerprint density at radius 2 is 1.79 bits per heavy atom. The summed E-state index contributed by atoms with van der Waals surface area (Å²) in [6.07, 6.45) is 0. The third-order valence-electron chi connectivity index (χ3n) is 5.52. The number of nitrogens with zero attached hydrogens (tertiary/aromatic N) is 3. The quantitative estimate of drug-likeness (QED) is 0.541. The number of benzene rings is 2. The Kier molecular flexibility index (Phi) is 6.50. The number of nitrogens with two attached hydrogens (primary N) is 1. The van der Waals surface area contributed by atoms with Gasteiger partial charge in [0.15, 0.2) is 0 Å². The van der Waals surface area contributed by atoms with Crippen molar-refractivity contribution in [2.45, 2.75) is 13.0 Å². The van der Waals surface area contributed by atoms with Crippen LogP contribution < -0.4 is 21.3 Å². The lowest BCUT2D eigenvalue weighted by molar-refractivity contribution is -0.117. The number of urea groups is 1. The predicted octanol–water partition coefficient (Wildman–Crippen LogP) is 3.47. The van der Waals surface area contributed by atoms with E-state index in [0.717, 1.165) is 16.6 Å². The summed E-state index contributed by atoms with van der Waals surface area (Å²) in [6.45, 7) is 3.77. The molecule has 4 rings (SSSR count). The molecule has 1 saturated heterocycles. The molecule has 3 amide bonds. The average molecular weight is 471 g/mol. The van der Waals surface area contributed by atoms with E-state index in [1.807, 2.05) is 18.2 Å². The highest BCUT2D eigenvalue weighted by Gasteiger charge is 2.25. The zero-order valence-electron chi connectivity index (χ0n) is 18.0. The van der Waals surface area contributed by atoms with Crippen LogP contribution in [0.4, 0.5) is 26.4 Å². The summed E-state index contributed by atoms with van der Waals surface area (Å²) in [4.78, 5) is 33.2. The van der Waals surface area contributed by atoms with Crippen LogP contribution in [0, 0.1) is 5.82 Å². The zero-order chi connectivity index (χ0) is 23.5. The lowest BCUT2D eigenvalue weighted by Gasteiger charge is -2.37. The van der Waals surface area contributed by atoms with Gasteiger partial charge in [-0.1, -0.05) is 11.6 Å². The second-order valence-corrected chi connectivity index (χ2v) is 8.31. The van der Waals surface area contributed by atoms with Gasteiger partial charge in [-0.05, 0) is 49.4 Å². The number of rotatable bonds is 4. The van der Waals surface area contributed by atoms with Crippen molar-refractivity contribution in [3.63, 3.8) is 0 Å². The van der Waals surface area contributed by atoms with E-state index in [0.29, 0.717) is 42.7 Å². The number of hydrogen-bond acceptors (Lipinski definition) is 5. The first kappa shape index (κ1) is 22.6. The second kappa shape index (κ2) is 9.50. The highest BCUT2D eigenvalue weighted by Crippen LogP contribution is 2.30. The van der Waals surface area contributed by atoms with Gasteiger partial charge in [-0.15, -0.1) is 0 Å². The highest BCUT2D eigenvalue weighted by molar-refractivity contribution is 6.31. The van der Waals surface area contributed by atoms with E-state index in [4.69, 9.17) is 17.3 Å². The molecule has 0 radical (unpaired) electrons. The Hall–Kier alpha value is -3.59. The first-order valence-corrected chi connectivity index (χ1v) is 10.9. The van der Waals surface area contributed by atoms with Gasteiger partial charge in [-0.3, -0.25) is 4.79 Å². The molecule has 1 atom stereocenters. The summed E-state index contributed by atoms with van der Waals surface area (Å²) in [5.74, 6) is -0.369. The predicted molar refractivity (Wildman–Crippen MR) is 128 cm³/mol. The van der Waals surface area contributed by atoms with Crippen LogP contribution in [0.5, 0.6) is 0 Å². The van der Waals surface area contributed by atoms with Crippen LogP contribution in [0.2, 0.25) is 5.02 Å². The van der Waals surface area contributed by atoms with Gasteiger partial charge in [0.2, 0.25) is 5.91 Å². The number of carbonyl (C=O) groups excluding carboxylic acids is 2. The lowest BCUT2D eigenvalue weighted by atomic mass is 10.1. The average Bonchev–Trinajstić information content (AvgIpc) is 2.79. The van der Waals surface area contributed by atoms with Crippen LogP contribution in [0.1, 0.15) is 6.92 Å². The largest absolute Gasteiger partial charge is 0.384 e. The maximum absolute atomic E-state index is 13.0. The molecule has 2 heterocycles. The summed E-state index contributed by atoms with van der Waals surface area (Å²) < 4.78 is 13.0. The van der Waals surface area contributed by atoms with Crippen LogP contribution in [-0.2, 0) is 4.79 Å². The number of fused-ring (bicyclic) bond motifs is 1. The van der Waals surface area contributed by atoms with Crippen molar-refractivity contribution in [3.8, 4) is 0 Å². The standard InChI is InChI=1S/C23H24ClFN6O2/c1-14(22(32)28-17-5-3-16(25)4-6-17)27-23(33)31-10-8-30(9-11-31)20-13-21(26)29-19-12-15(24)2-7-18(19)20/h2-7,12-14H,8-11H2,1H3,(H2,26,29)(H,27,33)(H,28,32)/t14-/m0/s1. The smallest absolute Gasteiger partial charge is 0.318 e. The van der Waals surface area contributed by atoms with Gasteiger partial charge in [-0.2, -0.15) is 0 Å². The maximum Gasteiger partial charge on any atom is 0.318 e. The van der Waals surface area contributed by atoms with Crippen LogP contribution >= 0.6 is 11.6 Å². The topological polar surface area (TPSA) is 104 Å². The van der Waals surface area contributed by atoms with Gasteiger partial charge in [0.05, 0.1) is 5.52 Å². The van der Waals surface area contributed by atoms with Gasteiger partial charge >= 0.3 is 6.03 Å². The van der Waals surface area contributed by atoms with E-state index in [1.165, 1.54) is 24.3 Å². The molecular weight excluding hydrogens is 447 g/mol. The van der Waals surface area contributed by atoms with Crippen molar-refractivity contribution in [2.24, 2.45) is 0 Å². The summed E-state index contributed by atoms with van der Waals surface area (Å²) in [6, 6.07) is 11.7. The van der Waals surface area contributed by atoms with Gasteiger partial charge in [0.25, 0.3) is 0 Å². The number of anilines is 3. The number of piperazine rings is 1. The number of nitrogen functional groups attached to an aromatic ring is 1. The fraction of sp³-hybridized carbons (Fsp3) is 0.261. The van der Waals surface area contributed by atoms with Crippen molar-refractivity contribution in [3.05, 3.63) is 59.4 Å². The molecule has 0 spiro atoms. The summed E-state index contributed by atoms with van der Waals surface area (Å²) in [7, 11) is 0. The molecule has 1 aliphatic rings. The van der Waals surface area contributed by atoms with E-state index < -0.39 is 6.04 Å². The number of pyridine rings is 1. The molecule has 4 N–H and O–H groups in total. The van der Waals surface area contributed by atoms with Crippen LogP contribution in [0.25, 0.3) is 10.9 Å². The van der Waals surface area contributed by atoms with E-state index in [1.54, 1.807) is 17.9 Å². The number of hydrogen-bond donors (Lipinski definition) is 3. The molecule has 1 aromatic heterocycles. The van der Waals surface area contributed by atoms with Crippen molar-refractivity contribution in [1.82, 2.24) is 15.2 Å². The Labute approximate surface area is 195 Å². The van der Waals surface area contributed by atoms with Gasteiger partial charge < -0.3 is 26.2 Å². The molecule has 0 unspecified atom stereocenters. The minimum absolute atomic E-state index is 0.317. The molecule has 1 fully saturated rings. The van der Waals surface area contributed by atoms with Gasteiger partial charge in [-0.25, -0.2) is 14.2 Å². The van der Waals surface area contributed by atoms with E-state index in [-0.39, 0.29) is 17.8 Å². The van der Waals surface area contributed by atoms with Crippen LogP contribution in [0.3, 0.4) is 0 Å². The molecule has 33 heavy (non-hydrogen) atoms. The maximum atomic E-state index is 13.0. The van der Waals surface area contributed by atoms with E-state index in [2.05, 4.69) is 20.5 Å². The summed E-state index contributed by atoms with van der Waals surface area (Å²) >= 11 is 6.09. The minimum atomic E-state index is -0.755. The van der Waals surface area contributed by atoms with Gasteiger partial charge in [0, 0.05) is 54.0 Å². The Bertz CT molecular complexity index is 1180. The molecule has 3 aromatic rings. The van der Waals surface area contributed by atoms with Crippen LogP contribution in [-0.4, -0.2) is 54.0 Å². The molecule has 172 valence electrons. The van der Waals surface area contributed by atoms with Crippen molar-refractivity contribution in [2.75, 3.05) is 42.1 Å². The Morgan fingerprint density at radius 1 is 1.09 bits per heavy atom. The first-order valence-electron chi connectivity index (χ1n) is 10.5. The van der Waals surface area contributed by atoms with Crippen molar-refractivity contribution < 1.29 is 14.0 Å². The monoisotopic (exact) mass is 470 g/mol. The molecule has 1 aliphatic heterocycles. The lowest BCUT2D eigenvalue weighted by Crippen LogP contribution is -2.54. The normalized spacial score (nSPS) is 14.8. The number of amides is 3. The molecule has 10 heteroatoms. The molecule has 0 aliphatic carbocycles. The SMILES string of the molecule is C[C@H](NC(=O)N1CCN(c2cc(N)nc3cc(Cl)ccc23)CC1)C(=O)Nc1ccc(F)cc1. The molecular formula is C23H24ClFN6O2. The summed E-state index contributed by atoms with van der Waals surface area (Å²) in [5.41, 5.74) is 8.12. The third kappa shape index (κ3) is 5.25. The minimum Gasteiger partial charge on any atom is -0.384 e. The molecule has 0 bridgehead atoms. The third-order valence-corrected chi connectivity index (χ3v) is 5.76. The van der Waals surface area contributed by atoms with Crippen molar-refractivity contribution >= 4 is 51.6 Å². The number of carbonyl (C=O) groups is 2. The highest BCUT2D eigenvalue weighted by atomic mass is 35.5. The molecule has 8 nitrogen and oxygen atoms in total. The Morgan fingerprint density at radius 3 is 2.48 bits per heavy atom. The van der Waals surface area contributed by atoms with Crippen molar-refractivity contribution in [1.29, 1.82) is 0 Å². The fourth-order valence-corrected chi connectivity index (χ4v) is 3.91. The first-order chi connectivity index (χ1) is 15.8. The van der Waals surface area contributed by atoms with E-state index >= 15 is 0 Å². The number of nitrogens with one attached hydrogen (secondary N) is 2. The molecule has 0 saturated carbocycles. The van der Waals surface area contributed by atoms with Crippen LogP contribution in [0.15, 0.2) is 48.5 Å². The second-order valence-electron chi connectivity index (χ2n) is 7.87. The number of aromatic nitrogens is 1.